The minimum atomic E-state index is -4.38. The number of carbonyl (C=O) groups is 1. The molecule has 0 aliphatic heterocycles. The van der Waals surface area contributed by atoms with Crippen LogP contribution in [0.3, 0.4) is 0 Å². The number of ether oxygens (including phenoxy) is 1. The van der Waals surface area contributed by atoms with Gasteiger partial charge < -0.3 is 10.1 Å². The van der Waals surface area contributed by atoms with Crippen molar-refractivity contribution in [3.8, 4) is 11.5 Å². The average Bonchev–Trinajstić information content (AvgIpc) is 3.53. The molecule has 3 aromatic carbocycles. The van der Waals surface area contributed by atoms with E-state index in [9.17, 15) is 18.0 Å². The molecule has 1 saturated carbocycles. The Bertz CT molecular complexity index is 1040. The van der Waals surface area contributed by atoms with Crippen molar-refractivity contribution in [2.24, 2.45) is 5.92 Å². The summed E-state index contributed by atoms with van der Waals surface area (Å²) in [5.41, 5.74) is -0.157. The van der Waals surface area contributed by atoms with Gasteiger partial charge >= 0.3 is 6.18 Å². The van der Waals surface area contributed by atoms with Crippen molar-refractivity contribution in [1.29, 1.82) is 0 Å². The first-order chi connectivity index (χ1) is 13.8. The summed E-state index contributed by atoms with van der Waals surface area (Å²) >= 11 is 0. The molecule has 3 aromatic rings. The molecule has 1 aliphatic carbocycles. The topological polar surface area (TPSA) is 38.3 Å². The zero-order valence-corrected chi connectivity index (χ0v) is 15.8. The fourth-order valence-corrected chi connectivity index (χ4v) is 3.33. The van der Waals surface area contributed by atoms with E-state index in [1.165, 1.54) is 12.1 Å². The number of hydrogen-bond acceptors (Lipinski definition) is 2. The monoisotopic (exact) mass is 399 g/mol. The third kappa shape index (κ3) is 4.36. The van der Waals surface area contributed by atoms with Gasteiger partial charge in [0.25, 0.3) is 5.91 Å². The Morgan fingerprint density at radius 3 is 2.45 bits per heavy atom. The third-order valence-electron chi connectivity index (χ3n) is 5.20. The molecule has 150 valence electrons. The summed E-state index contributed by atoms with van der Waals surface area (Å²) in [5.74, 6) is 1.29. The van der Waals surface area contributed by atoms with Crippen LogP contribution in [0.15, 0.2) is 60.7 Å². The molecular formula is C23H20F3NO2. The van der Waals surface area contributed by atoms with Gasteiger partial charge in [0.05, 0.1) is 5.56 Å². The van der Waals surface area contributed by atoms with Crippen molar-refractivity contribution < 1.29 is 22.7 Å². The van der Waals surface area contributed by atoms with Crippen LogP contribution >= 0.6 is 0 Å². The lowest BCUT2D eigenvalue weighted by molar-refractivity contribution is -0.137. The van der Waals surface area contributed by atoms with Crippen LogP contribution in [-0.2, 0) is 6.18 Å². The molecule has 3 nitrogen and oxygen atoms in total. The molecular weight excluding hydrogens is 379 g/mol. The Labute approximate surface area is 166 Å². The highest BCUT2D eigenvalue weighted by atomic mass is 19.4. The summed E-state index contributed by atoms with van der Waals surface area (Å²) < 4.78 is 43.9. The third-order valence-corrected chi connectivity index (χ3v) is 5.20. The maximum atomic E-state index is 12.7. The van der Waals surface area contributed by atoms with Gasteiger partial charge in [-0.05, 0) is 79.6 Å². The minimum absolute atomic E-state index is 0.111. The standard InChI is InChI=1S/C23H20F3NO2/c1-14(15-5-6-15)27-22(28)17-7-12-20-16(13-17)3-2-4-21(20)29-19-10-8-18(9-11-19)23(24,25)26/h2-4,7-15H,5-6H2,1H3,(H,27,28). The second-order valence-corrected chi connectivity index (χ2v) is 7.42. The van der Waals surface area contributed by atoms with Crippen LogP contribution in [0.5, 0.6) is 11.5 Å². The summed E-state index contributed by atoms with van der Waals surface area (Å²) in [4.78, 5) is 12.5. The highest BCUT2D eigenvalue weighted by molar-refractivity contribution is 6.00. The Morgan fingerprint density at radius 2 is 1.79 bits per heavy atom. The summed E-state index contributed by atoms with van der Waals surface area (Å²) in [6.07, 6.45) is -2.07. The number of carbonyl (C=O) groups excluding carboxylic acids is 1. The lowest BCUT2D eigenvalue weighted by Crippen LogP contribution is -2.33. The normalized spacial score (nSPS) is 15.2. The molecule has 0 saturated heterocycles. The lowest BCUT2D eigenvalue weighted by Gasteiger charge is -2.14. The summed E-state index contributed by atoms with van der Waals surface area (Å²) in [7, 11) is 0. The van der Waals surface area contributed by atoms with Crippen molar-refractivity contribution >= 4 is 16.7 Å². The molecule has 0 heterocycles. The predicted octanol–water partition coefficient (Wildman–Crippen LogP) is 6.18. The summed E-state index contributed by atoms with van der Waals surface area (Å²) in [6.45, 7) is 2.02. The van der Waals surface area contributed by atoms with Crippen LogP contribution in [-0.4, -0.2) is 11.9 Å². The van der Waals surface area contributed by atoms with Crippen LogP contribution in [0, 0.1) is 5.92 Å². The van der Waals surface area contributed by atoms with E-state index >= 15 is 0 Å². The van der Waals surface area contributed by atoms with E-state index in [4.69, 9.17) is 4.74 Å². The van der Waals surface area contributed by atoms with Crippen LogP contribution < -0.4 is 10.1 Å². The Hall–Kier alpha value is -3.02. The molecule has 0 spiro atoms. The second kappa shape index (κ2) is 7.43. The van der Waals surface area contributed by atoms with Gasteiger partial charge in [0.2, 0.25) is 0 Å². The quantitative estimate of drug-likeness (QED) is 0.556. The maximum Gasteiger partial charge on any atom is 0.416 e. The Balaban J connectivity index is 1.55. The van der Waals surface area contributed by atoms with Gasteiger partial charge in [-0.2, -0.15) is 13.2 Å². The van der Waals surface area contributed by atoms with Crippen LogP contribution in [0.2, 0.25) is 0 Å². The zero-order valence-electron chi connectivity index (χ0n) is 15.8. The number of amides is 1. The van der Waals surface area contributed by atoms with E-state index in [0.29, 0.717) is 23.0 Å². The lowest BCUT2D eigenvalue weighted by atomic mass is 10.1. The van der Waals surface area contributed by atoms with Crippen molar-refractivity contribution in [2.45, 2.75) is 32.0 Å². The molecule has 29 heavy (non-hydrogen) atoms. The molecule has 1 fully saturated rings. The Morgan fingerprint density at radius 1 is 1.07 bits per heavy atom. The highest BCUT2D eigenvalue weighted by Gasteiger charge is 2.30. The fraction of sp³-hybridized carbons (Fsp3) is 0.261. The van der Waals surface area contributed by atoms with Gasteiger partial charge in [0, 0.05) is 17.0 Å². The molecule has 1 N–H and O–H groups in total. The Kier molecular flexibility index (Phi) is 4.94. The van der Waals surface area contributed by atoms with Gasteiger partial charge in [0.1, 0.15) is 11.5 Å². The van der Waals surface area contributed by atoms with Gasteiger partial charge in [0.15, 0.2) is 0 Å². The van der Waals surface area contributed by atoms with E-state index in [1.807, 2.05) is 13.0 Å². The summed E-state index contributed by atoms with van der Waals surface area (Å²) in [5, 5.41) is 4.63. The molecule has 6 heteroatoms. The van der Waals surface area contributed by atoms with Crippen molar-refractivity contribution in [2.75, 3.05) is 0 Å². The average molecular weight is 399 g/mol. The molecule has 1 amide bonds. The van der Waals surface area contributed by atoms with Gasteiger partial charge in [-0.15, -0.1) is 0 Å². The minimum Gasteiger partial charge on any atom is -0.457 e. The summed E-state index contributed by atoms with van der Waals surface area (Å²) in [6, 6.07) is 15.5. The smallest absolute Gasteiger partial charge is 0.416 e. The molecule has 1 atom stereocenters. The second-order valence-electron chi connectivity index (χ2n) is 7.42. The number of hydrogen-bond donors (Lipinski definition) is 1. The van der Waals surface area contributed by atoms with E-state index in [-0.39, 0.29) is 11.9 Å². The van der Waals surface area contributed by atoms with E-state index in [1.54, 1.807) is 30.3 Å². The van der Waals surface area contributed by atoms with Crippen molar-refractivity contribution in [3.05, 3.63) is 71.8 Å². The maximum absolute atomic E-state index is 12.7. The number of alkyl halides is 3. The number of benzene rings is 3. The molecule has 0 bridgehead atoms. The number of rotatable bonds is 5. The van der Waals surface area contributed by atoms with Crippen molar-refractivity contribution in [3.63, 3.8) is 0 Å². The molecule has 4 rings (SSSR count). The molecule has 1 unspecified atom stereocenters. The predicted molar refractivity (Wildman–Crippen MR) is 105 cm³/mol. The number of halogens is 3. The number of fused-ring (bicyclic) bond motifs is 1. The molecule has 1 aliphatic rings. The first-order valence-corrected chi connectivity index (χ1v) is 9.50. The van der Waals surface area contributed by atoms with Gasteiger partial charge in [-0.1, -0.05) is 12.1 Å². The van der Waals surface area contributed by atoms with E-state index in [2.05, 4.69) is 5.32 Å². The van der Waals surface area contributed by atoms with E-state index < -0.39 is 11.7 Å². The van der Waals surface area contributed by atoms with Crippen LogP contribution in [0.25, 0.3) is 10.8 Å². The number of nitrogens with one attached hydrogen (secondary N) is 1. The van der Waals surface area contributed by atoms with Crippen LogP contribution in [0.4, 0.5) is 13.2 Å². The fourth-order valence-electron chi connectivity index (χ4n) is 3.33. The van der Waals surface area contributed by atoms with Crippen molar-refractivity contribution in [1.82, 2.24) is 5.32 Å². The van der Waals surface area contributed by atoms with E-state index in [0.717, 1.165) is 35.7 Å². The van der Waals surface area contributed by atoms with Gasteiger partial charge in [-0.25, -0.2) is 0 Å². The van der Waals surface area contributed by atoms with Gasteiger partial charge in [-0.3, -0.25) is 4.79 Å². The SMILES string of the molecule is CC(NC(=O)c1ccc2c(Oc3ccc(C(F)(F)F)cc3)cccc2c1)C1CC1. The largest absolute Gasteiger partial charge is 0.457 e. The molecule has 0 aromatic heterocycles. The zero-order chi connectivity index (χ0) is 20.6. The highest BCUT2D eigenvalue weighted by Crippen LogP contribution is 2.34. The first kappa shape index (κ1) is 19.3. The first-order valence-electron chi connectivity index (χ1n) is 9.50. The van der Waals surface area contributed by atoms with Crippen LogP contribution in [0.1, 0.15) is 35.7 Å². The molecule has 0 radical (unpaired) electrons.